The molecule has 0 spiro atoms. The molecule has 5 nitrogen and oxygen atoms in total. The van der Waals surface area contributed by atoms with Gasteiger partial charge in [0.25, 0.3) is 0 Å². The molecular weight excluding hydrogens is 342 g/mol. The predicted octanol–water partition coefficient (Wildman–Crippen LogP) is 3.65. The van der Waals surface area contributed by atoms with Crippen LogP contribution in [0.2, 0.25) is 0 Å². The van der Waals surface area contributed by atoms with E-state index in [1.165, 1.54) is 0 Å². The lowest BCUT2D eigenvalue weighted by Crippen LogP contribution is -2.54. The number of benzene rings is 1. The van der Waals surface area contributed by atoms with Gasteiger partial charge in [0.2, 0.25) is 5.91 Å². The monoisotopic (exact) mass is 373 g/mol. The van der Waals surface area contributed by atoms with Gasteiger partial charge in [0, 0.05) is 25.1 Å². The van der Waals surface area contributed by atoms with Crippen molar-refractivity contribution in [2.45, 2.75) is 57.7 Å². The van der Waals surface area contributed by atoms with Crippen molar-refractivity contribution < 1.29 is 19.4 Å². The van der Waals surface area contributed by atoms with E-state index in [0.29, 0.717) is 31.0 Å². The fraction of sp³-hybridized carbons (Fsp3) is 0.591. The number of aliphatic hydroxyl groups is 1. The molecule has 3 rings (SSSR count). The molecule has 2 fully saturated rings. The SMILES string of the molecule is COc1cc(/C=C/C(=O)N2CC[C@]3(O)CCCC[C@H]3C2)ccc1OC(C)C. The summed E-state index contributed by atoms with van der Waals surface area (Å²) in [5, 5.41) is 10.8. The second-order valence-corrected chi connectivity index (χ2v) is 7.99. The van der Waals surface area contributed by atoms with Gasteiger partial charge >= 0.3 is 0 Å². The van der Waals surface area contributed by atoms with Crippen molar-refractivity contribution in [2.75, 3.05) is 20.2 Å². The van der Waals surface area contributed by atoms with Crippen molar-refractivity contribution in [1.82, 2.24) is 4.90 Å². The van der Waals surface area contributed by atoms with Crippen LogP contribution in [0.25, 0.3) is 6.08 Å². The van der Waals surface area contributed by atoms with Crippen LogP contribution in [0.5, 0.6) is 11.5 Å². The first-order valence-electron chi connectivity index (χ1n) is 9.95. The van der Waals surface area contributed by atoms with E-state index in [9.17, 15) is 9.90 Å². The molecule has 0 radical (unpaired) electrons. The summed E-state index contributed by atoms with van der Waals surface area (Å²) in [5.74, 6) is 1.57. The van der Waals surface area contributed by atoms with Crippen LogP contribution in [0.1, 0.15) is 51.5 Å². The van der Waals surface area contributed by atoms with Gasteiger partial charge in [-0.3, -0.25) is 4.79 Å². The molecule has 1 saturated heterocycles. The topological polar surface area (TPSA) is 59.0 Å². The van der Waals surface area contributed by atoms with E-state index in [-0.39, 0.29) is 17.9 Å². The average Bonchev–Trinajstić information content (AvgIpc) is 2.65. The van der Waals surface area contributed by atoms with E-state index in [1.807, 2.05) is 43.0 Å². The molecule has 0 aromatic heterocycles. The Labute approximate surface area is 162 Å². The molecule has 27 heavy (non-hydrogen) atoms. The highest BCUT2D eigenvalue weighted by Crippen LogP contribution is 2.39. The maximum Gasteiger partial charge on any atom is 0.246 e. The Morgan fingerprint density at radius 2 is 2.11 bits per heavy atom. The Hall–Kier alpha value is -2.01. The zero-order valence-electron chi connectivity index (χ0n) is 16.6. The molecule has 0 unspecified atom stereocenters. The molecule has 2 atom stereocenters. The lowest BCUT2D eigenvalue weighted by molar-refractivity contribution is -0.138. The van der Waals surface area contributed by atoms with Crippen LogP contribution in [0, 0.1) is 5.92 Å². The van der Waals surface area contributed by atoms with E-state index in [1.54, 1.807) is 13.2 Å². The molecular formula is C22H31NO4. The van der Waals surface area contributed by atoms with Gasteiger partial charge in [-0.2, -0.15) is 0 Å². The number of carbonyl (C=O) groups excluding carboxylic acids is 1. The number of likely N-dealkylation sites (tertiary alicyclic amines) is 1. The summed E-state index contributed by atoms with van der Waals surface area (Å²) in [4.78, 5) is 14.5. The molecule has 1 aromatic carbocycles. The summed E-state index contributed by atoms with van der Waals surface area (Å²) in [6.45, 7) is 5.22. The molecule has 1 saturated carbocycles. The molecule has 0 bridgehead atoms. The minimum absolute atomic E-state index is 0.00379. The molecule has 1 aliphatic heterocycles. The molecule has 1 aromatic rings. The van der Waals surface area contributed by atoms with Gasteiger partial charge in [-0.05, 0) is 56.9 Å². The zero-order valence-corrected chi connectivity index (χ0v) is 16.6. The third-order valence-electron chi connectivity index (χ3n) is 5.71. The summed E-state index contributed by atoms with van der Waals surface area (Å²) in [5.41, 5.74) is 0.334. The fourth-order valence-corrected chi connectivity index (χ4v) is 4.18. The lowest BCUT2D eigenvalue weighted by atomic mass is 9.71. The first-order valence-corrected chi connectivity index (χ1v) is 9.95. The molecule has 148 valence electrons. The van der Waals surface area contributed by atoms with E-state index in [2.05, 4.69) is 0 Å². The lowest BCUT2D eigenvalue weighted by Gasteiger charge is -2.47. The summed E-state index contributed by atoms with van der Waals surface area (Å²) in [6.07, 6.45) is 8.32. The summed E-state index contributed by atoms with van der Waals surface area (Å²) < 4.78 is 11.1. The van der Waals surface area contributed by atoms with Gasteiger partial charge in [-0.15, -0.1) is 0 Å². The number of amides is 1. The molecule has 1 N–H and O–H groups in total. The molecule has 5 heteroatoms. The normalized spacial score (nSPS) is 25.5. The summed E-state index contributed by atoms with van der Waals surface area (Å²) in [7, 11) is 1.61. The van der Waals surface area contributed by atoms with Crippen molar-refractivity contribution in [3.63, 3.8) is 0 Å². The van der Waals surface area contributed by atoms with E-state index >= 15 is 0 Å². The Kier molecular flexibility index (Phi) is 6.10. The van der Waals surface area contributed by atoms with Crippen LogP contribution in [-0.4, -0.2) is 47.8 Å². The zero-order chi connectivity index (χ0) is 19.4. The van der Waals surface area contributed by atoms with E-state index < -0.39 is 5.60 Å². The van der Waals surface area contributed by atoms with Gasteiger partial charge < -0.3 is 19.5 Å². The van der Waals surface area contributed by atoms with Crippen molar-refractivity contribution in [1.29, 1.82) is 0 Å². The van der Waals surface area contributed by atoms with E-state index in [0.717, 1.165) is 31.2 Å². The Morgan fingerprint density at radius 3 is 2.85 bits per heavy atom. The standard InChI is InChI=1S/C22H31NO4/c1-16(2)27-19-9-7-17(14-20(19)26-3)8-10-21(24)23-13-12-22(25)11-5-4-6-18(22)15-23/h7-10,14,16,18,25H,4-6,11-13,15H2,1-3H3/b10-8+/t18-,22+/m0/s1. The second-order valence-electron chi connectivity index (χ2n) is 7.99. The number of nitrogens with zero attached hydrogens (tertiary/aromatic N) is 1. The third-order valence-corrected chi connectivity index (χ3v) is 5.71. The molecule has 1 heterocycles. The highest BCUT2D eigenvalue weighted by atomic mass is 16.5. The molecule has 1 amide bonds. The smallest absolute Gasteiger partial charge is 0.246 e. The van der Waals surface area contributed by atoms with Crippen molar-refractivity contribution in [3.05, 3.63) is 29.8 Å². The Morgan fingerprint density at radius 1 is 1.30 bits per heavy atom. The van der Waals surface area contributed by atoms with E-state index in [4.69, 9.17) is 9.47 Å². The van der Waals surface area contributed by atoms with Gasteiger partial charge in [0.05, 0.1) is 18.8 Å². The second kappa shape index (κ2) is 8.34. The number of carbonyl (C=O) groups is 1. The quantitative estimate of drug-likeness (QED) is 0.801. The fourth-order valence-electron chi connectivity index (χ4n) is 4.18. The van der Waals surface area contributed by atoms with Gasteiger partial charge in [0.15, 0.2) is 11.5 Å². The van der Waals surface area contributed by atoms with Gasteiger partial charge in [-0.1, -0.05) is 18.9 Å². The highest BCUT2D eigenvalue weighted by Gasteiger charge is 2.43. The number of ether oxygens (including phenoxy) is 2. The van der Waals surface area contributed by atoms with Crippen molar-refractivity contribution >= 4 is 12.0 Å². The summed E-state index contributed by atoms with van der Waals surface area (Å²) in [6, 6.07) is 5.66. The van der Waals surface area contributed by atoms with Crippen LogP contribution in [0.3, 0.4) is 0 Å². The number of fused-ring (bicyclic) bond motifs is 1. The largest absolute Gasteiger partial charge is 0.493 e. The highest BCUT2D eigenvalue weighted by molar-refractivity contribution is 5.92. The number of hydrogen-bond acceptors (Lipinski definition) is 4. The minimum Gasteiger partial charge on any atom is -0.493 e. The van der Waals surface area contributed by atoms with Crippen LogP contribution in [-0.2, 0) is 4.79 Å². The average molecular weight is 373 g/mol. The number of piperidine rings is 1. The number of rotatable bonds is 5. The first kappa shape index (κ1) is 19.7. The maximum absolute atomic E-state index is 12.6. The van der Waals surface area contributed by atoms with Crippen LogP contribution >= 0.6 is 0 Å². The Balaban J connectivity index is 1.64. The van der Waals surface area contributed by atoms with Crippen LogP contribution in [0.15, 0.2) is 24.3 Å². The molecule has 2 aliphatic rings. The maximum atomic E-state index is 12.6. The van der Waals surface area contributed by atoms with Crippen LogP contribution in [0.4, 0.5) is 0 Å². The minimum atomic E-state index is -0.557. The van der Waals surface area contributed by atoms with Gasteiger partial charge in [0.1, 0.15) is 0 Å². The molecule has 1 aliphatic carbocycles. The number of methoxy groups -OCH3 is 1. The van der Waals surface area contributed by atoms with Crippen molar-refractivity contribution in [2.24, 2.45) is 5.92 Å². The predicted molar refractivity (Wildman–Crippen MR) is 106 cm³/mol. The third kappa shape index (κ3) is 4.64. The van der Waals surface area contributed by atoms with Crippen LogP contribution < -0.4 is 9.47 Å². The van der Waals surface area contributed by atoms with Crippen molar-refractivity contribution in [3.8, 4) is 11.5 Å². The Bertz CT molecular complexity index is 700. The number of hydrogen-bond donors (Lipinski definition) is 1. The first-order chi connectivity index (χ1) is 12.9. The van der Waals surface area contributed by atoms with Gasteiger partial charge in [-0.25, -0.2) is 0 Å². The summed E-state index contributed by atoms with van der Waals surface area (Å²) >= 11 is 0.